The van der Waals surface area contributed by atoms with Crippen molar-refractivity contribution in [2.45, 2.75) is 58.2 Å². The Balaban J connectivity index is 2.32. The van der Waals surface area contributed by atoms with Gasteiger partial charge in [-0.05, 0) is 32.4 Å². The van der Waals surface area contributed by atoms with Crippen LogP contribution in [0.2, 0.25) is 5.02 Å². The van der Waals surface area contributed by atoms with E-state index in [2.05, 4.69) is 4.98 Å². The summed E-state index contributed by atoms with van der Waals surface area (Å²) in [5.41, 5.74) is -0.657. The van der Waals surface area contributed by atoms with E-state index in [-0.39, 0.29) is 16.8 Å². The second kappa shape index (κ2) is 11.9. The molecule has 2 aromatic rings. The molecule has 1 aromatic heterocycles. The maximum atomic E-state index is 13.1. The van der Waals surface area contributed by atoms with Crippen molar-refractivity contribution in [3.63, 3.8) is 0 Å². The van der Waals surface area contributed by atoms with E-state index in [4.69, 9.17) is 21.1 Å². The minimum Gasteiger partial charge on any atom is -0.472 e. The van der Waals surface area contributed by atoms with Gasteiger partial charge in [-0.15, -0.1) is 0 Å². The number of aromatic nitrogens is 1. The lowest BCUT2D eigenvalue weighted by Crippen LogP contribution is -2.42. The number of rotatable bonds is 11. The third kappa shape index (κ3) is 8.86. The van der Waals surface area contributed by atoms with Gasteiger partial charge >= 0.3 is 12.3 Å². The molecule has 1 amide bonds. The molecule has 0 bridgehead atoms. The van der Waals surface area contributed by atoms with Gasteiger partial charge in [0.2, 0.25) is 15.9 Å². The van der Waals surface area contributed by atoms with Crippen LogP contribution in [0.3, 0.4) is 0 Å². The molecule has 13 heteroatoms. The van der Waals surface area contributed by atoms with E-state index in [9.17, 15) is 31.5 Å². The van der Waals surface area contributed by atoms with Crippen molar-refractivity contribution < 1.29 is 41.0 Å². The standard InChI is InChI=1S/C22H26ClF3N2O6S/c1-14(2)33-15(3)9-18(34-20-19(23)10-17(11-27-20)22(24,25)26)13-35(31,32)28(21(29)30)12-16-7-5-4-6-8-16/h4-8,10-11,14-15,18H,9,12-13H2,1-3H3,(H,29,30). The molecule has 2 unspecified atom stereocenters. The number of nitrogens with zero attached hydrogens (tertiary/aromatic N) is 2. The van der Waals surface area contributed by atoms with Crippen LogP contribution in [-0.4, -0.2) is 53.0 Å². The second-order valence-electron chi connectivity index (χ2n) is 8.03. The van der Waals surface area contributed by atoms with E-state index in [0.717, 1.165) is 0 Å². The van der Waals surface area contributed by atoms with Crippen molar-refractivity contribution >= 4 is 27.7 Å². The summed E-state index contributed by atoms with van der Waals surface area (Å²) in [6.45, 7) is 4.76. The van der Waals surface area contributed by atoms with Crippen LogP contribution >= 0.6 is 11.6 Å². The second-order valence-corrected chi connectivity index (χ2v) is 10.4. The predicted molar refractivity (Wildman–Crippen MR) is 123 cm³/mol. The molecule has 194 valence electrons. The largest absolute Gasteiger partial charge is 0.472 e. The van der Waals surface area contributed by atoms with Gasteiger partial charge in [-0.25, -0.2) is 18.2 Å². The number of hydrogen-bond donors (Lipinski definition) is 1. The zero-order valence-corrected chi connectivity index (χ0v) is 20.8. The first kappa shape index (κ1) is 28.7. The van der Waals surface area contributed by atoms with Crippen LogP contribution in [0.25, 0.3) is 0 Å². The van der Waals surface area contributed by atoms with Crippen LogP contribution < -0.4 is 4.74 Å². The Morgan fingerprint density at radius 2 is 1.83 bits per heavy atom. The highest BCUT2D eigenvalue weighted by Gasteiger charge is 2.34. The number of amides is 1. The predicted octanol–water partition coefficient (Wildman–Crippen LogP) is 5.21. The molecule has 2 rings (SSSR count). The van der Waals surface area contributed by atoms with Gasteiger partial charge in [-0.3, -0.25) is 0 Å². The van der Waals surface area contributed by atoms with Gasteiger partial charge in [-0.1, -0.05) is 41.9 Å². The first-order chi connectivity index (χ1) is 16.2. The van der Waals surface area contributed by atoms with Crippen LogP contribution in [0.1, 0.15) is 38.3 Å². The SMILES string of the molecule is CC(C)OC(C)CC(CS(=O)(=O)N(Cc1ccccc1)C(=O)O)Oc1ncc(C(F)(F)F)cc1Cl. The van der Waals surface area contributed by atoms with Crippen molar-refractivity contribution in [2.75, 3.05) is 5.75 Å². The summed E-state index contributed by atoms with van der Waals surface area (Å²) in [6.07, 6.45) is -7.86. The number of carboxylic acid groups (broad SMARTS) is 1. The van der Waals surface area contributed by atoms with Gasteiger partial charge in [0, 0.05) is 12.6 Å². The van der Waals surface area contributed by atoms with Crippen LogP contribution in [0.15, 0.2) is 42.6 Å². The number of benzene rings is 1. The lowest BCUT2D eigenvalue weighted by Gasteiger charge is -2.26. The highest BCUT2D eigenvalue weighted by molar-refractivity contribution is 7.89. The molecule has 2 atom stereocenters. The Morgan fingerprint density at radius 3 is 2.34 bits per heavy atom. The van der Waals surface area contributed by atoms with Gasteiger partial charge in [0.25, 0.3) is 0 Å². The summed E-state index contributed by atoms with van der Waals surface area (Å²) < 4.78 is 76.4. The maximum Gasteiger partial charge on any atom is 0.421 e. The number of ether oxygens (including phenoxy) is 2. The lowest BCUT2D eigenvalue weighted by atomic mass is 10.2. The molecule has 0 saturated heterocycles. The molecule has 0 aliphatic heterocycles. The maximum absolute atomic E-state index is 13.1. The van der Waals surface area contributed by atoms with Gasteiger partial charge in [0.1, 0.15) is 16.9 Å². The molecule has 0 aliphatic carbocycles. The van der Waals surface area contributed by atoms with E-state index in [1.807, 2.05) is 0 Å². The van der Waals surface area contributed by atoms with Crippen LogP contribution in [0, 0.1) is 0 Å². The molecule has 0 fully saturated rings. The summed E-state index contributed by atoms with van der Waals surface area (Å²) in [5, 5.41) is 9.09. The zero-order chi connectivity index (χ0) is 26.4. The number of halogens is 4. The molecule has 8 nitrogen and oxygen atoms in total. The molecule has 1 aromatic carbocycles. The minimum absolute atomic E-state index is 0.0325. The Hall–Kier alpha value is -2.57. The Morgan fingerprint density at radius 1 is 1.20 bits per heavy atom. The average Bonchev–Trinajstić information content (AvgIpc) is 2.72. The quantitative estimate of drug-likeness (QED) is 0.418. The van der Waals surface area contributed by atoms with Crippen molar-refractivity contribution in [1.82, 2.24) is 9.29 Å². The molecule has 0 saturated carbocycles. The zero-order valence-electron chi connectivity index (χ0n) is 19.2. The Kier molecular flexibility index (Phi) is 9.76. The number of alkyl halides is 3. The summed E-state index contributed by atoms with van der Waals surface area (Å²) in [6, 6.07) is 8.73. The van der Waals surface area contributed by atoms with Crippen LogP contribution in [0.4, 0.5) is 18.0 Å². The third-order valence-corrected chi connectivity index (χ3v) is 6.65. The molecule has 0 aliphatic rings. The van der Waals surface area contributed by atoms with Gasteiger partial charge in [-0.2, -0.15) is 17.5 Å². The average molecular weight is 539 g/mol. The fourth-order valence-corrected chi connectivity index (χ4v) is 4.87. The van der Waals surface area contributed by atoms with Crippen LogP contribution in [-0.2, 0) is 27.5 Å². The van der Waals surface area contributed by atoms with E-state index >= 15 is 0 Å². The summed E-state index contributed by atoms with van der Waals surface area (Å²) in [7, 11) is -4.46. The fourth-order valence-electron chi connectivity index (χ4n) is 3.22. The highest BCUT2D eigenvalue weighted by atomic mass is 35.5. The van der Waals surface area contributed by atoms with E-state index in [1.165, 1.54) is 0 Å². The number of carbonyl (C=O) groups is 1. The van der Waals surface area contributed by atoms with E-state index in [0.29, 0.717) is 17.8 Å². The van der Waals surface area contributed by atoms with Crippen molar-refractivity contribution in [2.24, 2.45) is 0 Å². The number of hydrogen-bond acceptors (Lipinski definition) is 6. The van der Waals surface area contributed by atoms with Crippen molar-refractivity contribution in [3.8, 4) is 5.88 Å². The highest BCUT2D eigenvalue weighted by Crippen LogP contribution is 2.33. The molecule has 1 N–H and O–H groups in total. The Labute approximate surface area is 206 Å². The Bertz CT molecular complexity index is 1100. The first-order valence-electron chi connectivity index (χ1n) is 10.5. The molecular formula is C22H26ClF3N2O6S. The molecule has 0 spiro atoms. The summed E-state index contributed by atoms with van der Waals surface area (Å²) in [5.74, 6) is -1.22. The van der Waals surface area contributed by atoms with Crippen molar-refractivity contribution in [1.29, 1.82) is 0 Å². The number of sulfonamides is 1. The summed E-state index contributed by atoms with van der Waals surface area (Å²) in [4.78, 5) is 15.4. The van der Waals surface area contributed by atoms with Gasteiger partial charge in [0.15, 0.2) is 0 Å². The smallest absolute Gasteiger partial charge is 0.421 e. The normalized spacial score (nSPS) is 13.9. The van der Waals surface area contributed by atoms with E-state index < -0.39 is 63.3 Å². The topological polar surface area (TPSA) is 106 Å². The minimum atomic E-state index is -4.68. The molecule has 0 radical (unpaired) electrons. The molecule has 35 heavy (non-hydrogen) atoms. The van der Waals surface area contributed by atoms with Gasteiger partial charge < -0.3 is 14.6 Å². The van der Waals surface area contributed by atoms with Crippen LogP contribution in [0.5, 0.6) is 5.88 Å². The summed E-state index contributed by atoms with van der Waals surface area (Å²) >= 11 is 5.92. The number of pyridine rings is 1. The lowest BCUT2D eigenvalue weighted by molar-refractivity contribution is -0.137. The molecule has 1 heterocycles. The van der Waals surface area contributed by atoms with Gasteiger partial charge in [0.05, 0.1) is 24.3 Å². The first-order valence-corrected chi connectivity index (χ1v) is 12.5. The van der Waals surface area contributed by atoms with Crippen molar-refractivity contribution in [3.05, 3.63) is 58.7 Å². The monoisotopic (exact) mass is 538 g/mol. The molecular weight excluding hydrogens is 513 g/mol. The fraction of sp³-hybridized carbons (Fsp3) is 0.455. The van der Waals surface area contributed by atoms with E-state index in [1.54, 1.807) is 51.1 Å². The third-order valence-electron chi connectivity index (χ3n) is 4.63.